The van der Waals surface area contributed by atoms with Gasteiger partial charge in [0.15, 0.2) is 0 Å². The molecule has 0 bridgehead atoms. The van der Waals surface area contributed by atoms with Crippen molar-refractivity contribution in [3.05, 3.63) is 64.7 Å². The maximum Gasteiger partial charge on any atom is 0.101 e. The molecule has 0 aliphatic carbocycles. The van der Waals surface area contributed by atoms with Gasteiger partial charge in [-0.15, -0.1) is 0 Å². The summed E-state index contributed by atoms with van der Waals surface area (Å²) in [6.45, 7) is 7.70. The Labute approximate surface area is 155 Å². The van der Waals surface area contributed by atoms with E-state index in [1.807, 2.05) is 12.1 Å². The van der Waals surface area contributed by atoms with Crippen molar-refractivity contribution in [2.45, 2.75) is 32.9 Å². The third kappa shape index (κ3) is 4.34. The van der Waals surface area contributed by atoms with Gasteiger partial charge in [0.1, 0.15) is 6.07 Å². The molecule has 3 rings (SSSR count). The van der Waals surface area contributed by atoms with Crippen LogP contribution in [0.5, 0.6) is 0 Å². The van der Waals surface area contributed by atoms with Crippen LogP contribution in [0.1, 0.15) is 31.4 Å². The van der Waals surface area contributed by atoms with Crippen LogP contribution in [0.3, 0.4) is 0 Å². The first kappa shape index (κ1) is 17.8. The van der Waals surface area contributed by atoms with Crippen molar-refractivity contribution in [1.29, 1.82) is 5.26 Å². The summed E-state index contributed by atoms with van der Waals surface area (Å²) in [5.41, 5.74) is 3.04. The number of nitriles is 1. The fourth-order valence-corrected chi connectivity index (χ4v) is 3.56. The lowest BCUT2D eigenvalue weighted by atomic mass is 9.78. The van der Waals surface area contributed by atoms with Gasteiger partial charge in [0.25, 0.3) is 0 Å². The minimum atomic E-state index is 0.202. The standard InChI is InChI=1S/C21H24ClN3/c1-21(2)10-11-25(14-16-6-4-3-5-7-16)15-20(21)24-18-9-8-17(13-23)19(22)12-18/h3-9,12,20,24H,10-11,14-15H2,1-2H3. The van der Waals surface area contributed by atoms with E-state index in [9.17, 15) is 0 Å². The lowest BCUT2D eigenvalue weighted by Gasteiger charge is -2.44. The summed E-state index contributed by atoms with van der Waals surface area (Å²) in [7, 11) is 0. The molecule has 1 unspecified atom stereocenters. The molecule has 1 heterocycles. The summed E-state index contributed by atoms with van der Waals surface area (Å²) in [5.74, 6) is 0. The number of rotatable bonds is 4. The van der Waals surface area contributed by atoms with E-state index < -0.39 is 0 Å². The predicted octanol–water partition coefficient (Wildman–Crippen LogP) is 4.92. The molecule has 0 radical (unpaired) electrons. The molecule has 0 saturated carbocycles. The first-order chi connectivity index (χ1) is 12.0. The maximum atomic E-state index is 9.03. The van der Waals surface area contributed by atoms with Crippen molar-refractivity contribution < 1.29 is 0 Å². The maximum absolute atomic E-state index is 9.03. The summed E-state index contributed by atoms with van der Waals surface area (Å²) >= 11 is 6.18. The molecule has 130 valence electrons. The van der Waals surface area contributed by atoms with Crippen LogP contribution in [-0.2, 0) is 6.54 Å². The second-order valence-corrected chi connectivity index (χ2v) is 7.87. The zero-order valence-corrected chi connectivity index (χ0v) is 15.6. The van der Waals surface area contributed by atoms with Gasteiger partial charge in [0.2, 0.25) is 0 Å². The molecule has 1 fully saturated rings. The summed E-state index contributed by atoms with van der Waals surface area (Å²) in [6, 6.07) is 18.6. The summed E-state index contributed by atoms with van der Waals surface area (Å²) in [5, 5.41) is 13.2. The number of nitrogens with one attached hydrogen (secondary N) is 1. The van der Waals surface area contributed by atoms with Crippen LogP contribution < -0.4 is 5.32 Å². The first-order valence-electron chi connectivity index (χ1n) is 8.70. The first-order valence-corrected chi connectivity index (χ1v) is 9.08. The monoisotopic (exact) mass is 353 g/mol. The topological polar surface area (TPSA) is 39.1 Å². The van der Waals surface area contributed by atoms with Crippen LogP contribution in [0.15, 0.2) is 48.5 Å². The van der Waals surface area contributed by atoms with Gasteiger partial charge < -0.3 is 5.32 Å². The second-order valence-electron chi connectivity index (χ2n) is 7.46. The predicted molar refractivity (Wildman–Crippen MR) is 104 cm³/mol. The van der Waals surface area contributed by atoms with E-state index in [0.29, 0.717) is 16.6 Å². The Hall–Kier alpha value is -2.02. The third-order valence-corrected chi connectivity index (χ3v) is 5.45. The normalized spacial score (nSPS) is 20.0. The van der Waals surface area contributed by atoms with Crippen molar-refractivity contribution in [2.24, 2.45) is 5.41 Å². The van der Waals surface area contributed by atoms with Crippen molar-refractivity contribution in [1.82, 2.24) is 4.90 Å². The molecule has 4 heteroatoms. The molecular weight excluding hydrogens is 330 g/mol. The smallest absolute Gasteiger partial charge is 0.101 e. The number of halogens is 1. The highest BCUT2D eigenvalue weighted by Gasteiger charge is 2.35. The van der Waals surface area contributed by atoms with Gasteiger partial charge in [-0.25, -0.2) is 0 Å². The molecule has 0 amide bonds. The zero-order valence-electron chi connectivity index (χ0n) is 14.8. The highest BCUT2D eigenvalue weighted by molar-refractivity contribution is 6.32. The Balaban J connectivity index is 1.71. The summed E-state index contributed by atoms with van der Waals surface area (Å²) in [4.78, 5) is 2.50. The third-order valence-electron chi connectivity index (χ3n) is 5.14. The van der Waals surface area contributed by atoms with Gasteiger partial charge in [0, 0.05) is 24.8 Å². The van der Waals surface area contributed by atoms with Crippen molar-refractivity contribution in [3.63, 3.8) is 0 Å². The Morgan fingerprint density at radius 3 is 2.68 bits per heavy atom. The largest absolute Gasteiger partial charge is 0.380 e. The minimum Gasteiger partial charge on any atom is -0.380 e. The average Bonchev–Trinajstić information content (AvgIpc) is 2.59. The number of benzene rings is 2. The zero-order chi connectivity index (χ0) is 17.9. The number of anilines is 1. The fourth-order valence-electron chi connectivity index (χ4n) is 3.34. The van der Waals surface area contributed by atoms with E-state index in [0.717, 1.165) is 31.7 Å². The van der Waals surface area contributed by atoms with E-state index in [2.05, 4.69) is 60.5 Å². The highest BCUT2D eigenvalue weighted by Crippen LogP contribution is 2.34. The summed E-state index contributed by atoms with van der Waals surface area (Å²) < 4.78 is 0. The quantitative estimate of drug-likeness (QED) is 0.847. The van der Waals surface area contributed by atoms with Crippen molar-refractivity contribution in [2.75, 3.05) is 18.4 Å². The molecule has 1 saturated heterocycles. The van der Waals surface area contributed by atoms with Crippen LogP contribution in [0.2, 0.25) is 5.02 Å². The molecule has 2 aromatic rings. The van der Waals surface area contributed by atoms with Crippen LogP contribution in [0.4, 0.5) is 5.69 Å². The van der Waals surface area contributed by atoms with Crippen molar-refractivity contribution in [3.8, 4) is 6.07 Å². The molecule has 25 heavy (non-hydrogen) atoms. The van der Waals surface area contributed by atoms with Gasteiger partial charge in [-0.3, -0.25) is 4.90 Å². The lowest BCUT2D eigenvalue weighted by molar-refractivity contribution is 0.110. The van der Waals surface area contributed by atoms with E-state index in [4.69, 9.17) is 16.9 Å². The fraction of sp³-hybridized carbons (Fsp3) is 0.381. The molecule has 1 atom stereocenters. The number of piperidine rings is 1. The van der Waals surface area contributed by atoms with Crippen LogP contribution >= 0.6 is 11.6 Å². The second kappa shape index (κ2) is 7.47. The van der Waals surface area contributed by atoms with Crippen LogP contribution in [0, 0.1) is 16.7 Å². The van der Waals surface area contributed by atoms with E-state index >= 15 is 0 Å². The Morgan fingerprint density at radius 1 is 1.24 bits per heavy atom. The molecule has 3 nitrogen and oxygen atoms in total. The lowest BCUT2D eigenvalue weighted by Crippen LogP contribution is -2.51. The van der Waals surface area contributed by atoms with Crippen LogP contribution in [0.25, 0.3) is 0 Å². The molecular formula is C21H24ClN3. The van der Waals surface area contributed by atoms with Gasteiger partial charge >= 0.3 is 0 Å². The Morgan fingerprint density at radius 2 is 2.00 bits per heavy atom. The van der Waals surface area contributed by atoms with Gasteiger partial charge in [-0.1, -0.05) is 55.8 Å². The number of likely N-dealkylation sites (tertiary alicyclic amines) is 1. The van der Waals surface area contributed by atoms with Crippen molar-refractivity contribution >= 4 is 17.3 Å². The van der Waals surface area contributed by atoms with Gasteiger partial charge in [0.05, 0.1) is 10.6 Å². The molecule has 1 N–H and O–H groups in total. The Kier molecular flexibility index (Phi) is 5.32. The van der Waals surface area contributed by atoms with E-state index in [1.54, 1.807) is 6.07 Å². The summed E-state index contributed by atoms with van der Waals surface area (Å²) in [6.07, 6.45) is 1.14. The van der Waals surface area contributed by atoms with Crippen LogP contribution in [-0.4, -0.2) is 24.0 Å². The molecule has 0 spiro atoms. The molecule has 2 aromatic carbocycles. The van der Waals surface area contributed by atoms with Gasteiger partial charge in [-0.05, 0) is 42.1 Å². The van der Waals surface area contributed by atoms with Gasteiger partial charge in [-0.2, -0.15) is 5.26 Å². The average molecular weight is 354 g/mol. The molecule has 1 aliphatic heterocycles. The highest BCUT2D eigenvalue weighted by atomic mass is 35.5. The number of hydrogen-bond acceptors (Lipinski definition) is 3. The van der Waals surface area contributed by atoms with E-state index in [-0.39, 0.29) is 5.41 Å². The van der Waals surface area contributed by atoms with E-state index in [1.165, 1.54) is 5.56 Å². The minimum absolute atomic E-state index is 0.202. The number of hydrogen-bond donors (Lipinski definition) is 1. The number of nitrogens with zero attached hydrogens (tertiary/aromatic N) is 2. The molecule has 1 aliphatic rings. The SMILES string of the molecule is CC1(C)CCN(Cc2ccccc2)CC1Nc1ccc(C#N)c(Cl)c1. The molecule has 0 aromatic heterocycles. The Bertz CT molecular complexity index is 764.